The van der Waals surface area contributed by atoms with Crippen LogP contribution in [0.15, 0.2) is 24.3 Å². The van der Waals surface area contributed by atoms with Crippen molar-refractivity contribution in [2.45, 2.75) is 20.3 Å². The number of hydrogen-bond donors (Lipinski definition) is 1. The highest BCUT2D eigenvalue weighted by molar-refractivity contribution is 5.93. The minimum atomic E-state index is -0.200. The van der Waals surface area contributed by atoms with E-state index in [-0.39, 0.29) is 5.91 Å². The van der Waals surface area contributed by atoms with Crippen molar-refractivity contribution in [1.82, 2.24) is 5.48 Å². The minimum Gasteiger partial charge on any atom is -0.274 e. The third-order valence-electron chi connectivity index (χ3n) is 1.93. The summed E-state index contributed by atoms with van der Waals surface area (Å²) in [4.78, 5) is 16.2. The van der Waals surface area contributed by atoms with E-state index in [0.717, 1.165) is 6.42 Å². The fourth-order valence-electron chi connectivity index (χ4n) is 1.09. The van der Waals surface area contributed by atoms with Gasteiger partial charge in [0.25, 0.3) is 5.91 Å². The number of rotatable bonds is 4. The summed E-state index contributed by atoms with van der Waals surface area (Å²) in [5.41, 5.74) is 4.19. The predicted molar refractivity (Wildman–Crippen MR) is 54.9 cm³/mol. The van der Waals surface area contributed by atoms with Crippen LogP contribution in [0.2, 0.25) is 0 Å². The molecular weight excluding hydrogens is 178 g/mol. The van der Waals surface area contributed by atoms with Gasteiger partial charge in [-0.15, -0.1) is 0 Å². The van der Waals surface area contributed by atoms with Gasteiger partial charge in [-0.2, -0.15) is 0 Å². The average Bonchev–Trinajstić information content (AvgIpc) is 2.26. The van der Waals surface area contributed by atoms with Crippen molar-refractivity contribution >= 4 is 5.91 Å². The average molecular weight is 193 g/mol. The number of carbonyl (C=O) groups excluding carboxylic acids is 1. The number of aryl methyl sites for hydroxylation is 1. The van der Waals surface area contributed by atoms with E-state index in [4.69, 9.17) is 4.84 Å². The summed E-state index contributed by atoms with van der Waals surface area (Å²) in [6, 6.07) is 7.49. The Bertz CT molecular complexity index is 293. The van der Waals surface area contributed by atoms with E-state index in [0.29, 0.717) is 12.2 Å². The van der Waals surface area contributed by atoms with Crippen LogP contribution in [0.3, 0.4) is 0 Å². The van der Waals surface area contributed by atoms with E-state index >= 15 is 0 Å². The van der Waals surface area contributed by atoms with Gasteiger partial charge in [-0.3, -0.25) is 9.63 Å². The van der Waals surface area contributed by atoms with Crippen LogP contribution in [-0.4, -0.2) is 12.5 Å². The molecule has 0 spiro atoms. The summed E-state index contributed by atoms with van der Waals surface area (Å²) < 4.78 is 0. The number of benzene rings is 1. The molecule has 0 atom stereocenters. The maximum atomic E-state index is 11.4. The predicted octanol–water partition coefficient (Wildman–Crippen LogP) is 1.93. The Hall–Kier alpha value is -1.35. The first-order valence-electron chi connectivity index (χ1n) is 4.79. The first-order valence-corrected chi connectivity index (χ1v) is 4.79. The Kier molecular flexibility index (Phi) is 4.13. The molecule has 0 aliphatic carbocycles. The Morgan fingerprint density at radius 1 is 1.29 bits per heavy atom. The van der Waals surface area contributed by atoms with E-state index in [1.165, 1.54) is 5.56 Å². The standard InChI is InChI=1S/C11H15NO2/c1-3-9-5-7-10(8-6-9)11(13)12-14-4-2/h5-8H,3-4H2,1-2H3,(H,12,13). The lowest BCUT2D eigenvalue weighted by Gasteiger charge is -2.04. The van der Waals surface area contributed by atoms with Crippen molar-refractivity contribution in [3.8, 4) is 0 Å². The maximum Gasteiger partial charge on any atom is 0.274 e. The number of hydroxylamine groups is 1. The van der Waals surface area contributed by atoms with E-state index in [1.54, 1.807) is 12.1 Å². The second kappa shape index (κ2) is 5.40. The molecule has 0 aromatic heterocycles. The van der Waals surface area contributed by atoms with Gasteiger partial charge < -0.3 is 0 Å². The zero-order chi connectivity index (χ0) is 10.4. The van der Waals surface area contributed by atoms with Crippen LogP contribution in [0.25, 0.3) is 0 Å². The fraction of sp³-hybridized carbons (Fsp3) is 0.364. The number of carbonyl (C=O) groups is 1. The molecule has 0 aliphatic heterocycles. The number of hydrogen-bond acceptors (Lipinski definition) is 2. The van der Waals surface area contributed by atoms with Crippen LogP contribution in [0, 0.1) is 0 Å². The topological polar surface area (TPSA) is 38.3 Å². The molecule has 1 amide bonds. The summed E-state index contributed by atoms with van der Waals surface area (Å²) in [5.74, 6) is -0.200. The van der Waals surface area contributed by atoms with Gasteiger partial charge in [-0.1, -0.05) is 19.1 Å². The molecular formula is C11H15NO2. The third kappa shape index (κ3) is 2.85. The van der Waals surface area contributed by atoms with Gasteiger partial charge in [0.15, 0.2) is 0 Å². The molecule has 1 rings (SSSR count). The molecule has 0 saturated carbocycles. The third-order valence-corrected chi connectivity index (χ3v) is 1.93. The molecule has 1 aromatic carbocycles. The van der Waals surface area contributed by atoms with Gasteiger partial charge in [0, 0.05) is 5.56 Å². The van der Waals surface area contributed by atoms with Crippen molar-refractivity contribution in [2.24, 2.45) is 0 Å². The van der Waals surface area contributed by atoms with E-state index in [1.807, 2.05) is 19.1 Å². The summed E-state index contributed by atoms with van der Waals surface area (Å²) in [6.45, 7) is 4.37. The van der Waals surface area contributed by atoms with Crippen molar-refractivity contribution in [3.05, 3.63) is 35.4 Å². The van der Waals surface area contributed by atoms with Crippen LogP contribution in [0.4, 0.5) is 0 Å². The van der Waals surface area contributed by atoms with Gasteiger partial charge in [0.05, 0.1) is 6.61 Å². The van der Waals surface area contributed by atoms with Gasteiger partial charge >= 0.3 is 0 Å². The molecule has 0 fully saturated rings. The molecule has 0 saturated heterocycles. The Morgan fingerprint density at radius 3 is 2.43 bits per heavy atom. The highest BCUT2D eigenvalue weighted by atomic mass is 16.6. The van der Waals surface area contributed by atoms with Crippen LogP contribution >= 0.6 is 0 Å². The quantitative estimate of drug-likeness (QED) is 0.742. The SMILES string of the molecule is CCONC(=O)c1ccc(CC)cc1. The molecule has 0 radical (unpaired) electrons. The van der Waals surface area contributed by atoms with E-state index in [9.17, 15) is 4.79 Å². The Morgan fingerprint density at radius 2 is 1.93 bits per heavy atom. The number of amides is 1. The van der Waals surface area contributed by atoms with Crippen LogP contribution in [0.5, 0.6) is 0 Å². The van der Waals surface area contributed by atoms with Gasteiger partial charge in [0.2, 0.25) is 0 Å². The molecule has 3 heteroatoms. The Balaban J connectivity index is 2.62. The lowest BCUT2D eigenvalue weighted by atomic mass is 10.1. The van der Waals surface area contributed by atoms with Crippen LogP contribution < -0.4 is 5.48 Å². The molecule has 14 heavy (non-hydrogen) atoms. The lowest BCUT2D eigenvalue weighted by molar-refractivity contribution is 0.0364. The Labute approximate surface area is 84.0 Å². The van der Waals surface area contributed by atoms with Gasteiger partial charge in [-0.25, -0.2) is 5.48 Å². The second-order valence-electron chi connectivity index (χ2n) is 2.91. The number of nitrogens with one attached hydrogen (secondary N) is 1. The molecule has 0 unspecified atom stereocenters. The smallest absolute Gasteiger partial charge is 0.274 e. The summed E-state index contributed by atoms with van der Waals surface area (Å²) in [7, 11) is 0. The zero-order valence-electron chi connectivity index (χ0n) is 8.54. The summed E-state index contributed by atoms with van der Waals surface area (Å²) in [6.07, 6.45) is 0.980. The first kappa shape index (κ1) is 10.7. The van der Waals surface area contributed by atoms with Crippen LogP contribution in [0.1, 0.15) is 29.8 Å². The van der Waals surface area contributed by atoms with Crippen molar-refractivity contribution in [3.63, 3.8) is 0 Å². The summed E-state index contributed by atoms with van der Waals surface area (Å²) >= 11 is 0. The van der Waals surface area contributed by atoms with Gasteiger partial charge in [-0.05, 0) is 31.0 Å². The molecule has 76 valence electrons. The monoisotopic (exact) mass is 193 g/mol. The molecule has 0 aliphatic rings. The van der Waals surface area contributed by atoms with E-state index < -0.39 is 0 Å². The summed E-state index contributed by atoms with van der Waals surface area (Å²) in [5, 5.41) is 0. The first-order chi connectivity index (χ1) is 6.77. The van der Waals surface area contributed by atoms with E-state index in [2.05, 4.69) is 12.4 Å². The molecule has 0 bridgehead atoms. The second-order valence-corrected chi connectivity index (χ2v) is 2.91. The largest absolute Gasteiger partial charge is 0.274 e. The maximum absolute atomic E-state index is 11.4. The van der Waals surface area contributed by atoms with Crippen molar-refractivity contribution in [2.75, 3.05) is 6.61 Å². The molecule has 1 aromatic rings. The normalized spacial score (nSPS) is 9.86. The minimum absolute atomic E-state index is 0.200. The molecule has 0 heterocycles. The zero-order valence-corrected chi connectivity index (χ0v) is 8.54. The van der Waals surface area contributed by atoms with Crippen molar-refractivity contribution < 1.29 is 9.63 Å². The molecule has 3 nitrogen and oxygen atoms in total. The highest BCUT2D eigenvalue weighted by Crippen LogP contribution is 2.04. The van der Waals surface area contributed by atoms with Gasteiger partial charge in [0.1, 0.15) is 0 Å². The highest BCUT2D eigenvalue weighted by Gasteiger charge is 2.03. The van der Waals surface area contributed by atoms with Crippen molar-refractivity contribution in [1.29, 1.82) is 0 Å². The fourth-order valence-corrected chi connectivity index (χ4v) is 1.09. The molecule has 1 N–H and O–H groups in total. The van der Waals surface area contributed by atoms with Crippen LogP contribution in [-0.2, 0) is 11.3 Å². The lowest BCUT2D eigenvalue weighted by Crippen LogP contribution is -2.23.